The van der Waals surface area contributed by atoms with E-state index in [1.165, 1.54) is 0 Å². The lowest BCUT2D eigenvalue weighted by atomic mass is 10.2. The number of pyridine rings is 1. The quantitative estimate of drug-likeness (QED) is 0.554. The van der Waals surface area contributed by atoms with Gasteiger partial charge in [0.1, 0.15) is 5.69 Å². The highest BCUT2D eigenvalue weighted by Gasteiger charge is 2.12. The summed E-state index contributed by atoms with van der Waals surface area (Å²) in [7, 11) is 1.72. The van der Waals surface area contributed by atoms with Crippen LogP contribution in [0.25, 0.3) is 22.3 Å². The fraction of sp³-hybridized carbons (Fsp3) is 0.0526. The zero-order valence-corrected chi connectivity index (χ0v) is 15.0. The van der Waals surface area contributed by atoms with Crippen LogP contribution in [-0.2, 0) is 7.05 Å². The Morgan fingerprint density at radius 2 is 1.89 bits per heavy atom. The molecular weight excluding hydrogens is 366 g/mol. The molecule has 0 aliphatic carbocycles. The van der Waals surface area contributed by atoms with Crippen LogP contribution in [0.1, 0.15) is 10.5 Å². The van der Waals surface area contributed by atoms with Crippen molar-refractivity contribution in [2.75, 3.05) is 5.32 Å². The number of benzene rings is 1. The number of nitrogens with zero attached hydrogens (tertiary/aromatic N) is 4. The van der Waals surface area contributed by atoms with Crippen molar-refractivity contribution in [1.29, 1.82) is 0 Å². The van der Waals surface area contributed by atoms with Gasteiger partial charge in [-0.3, -0.25) is 4.98 Å². The number of nitrogens with one attached hydrogen (secondary N) is 1. The normalized spacial score (nSPS) is 10.9. The van der Waals surface area contributed by atoms with E-state index >= 15 is 0 Å². The molecule has 0 atom stereocenters. The Bertz CT molecular complexity index is 1170. The molecule has 3 aromatic heterocycles. The first-order chi connectivity index (χ1) is 13.0. The average molecular weight is 380 g/mol. The molecule has 1 aromatic carbocycles. The van der Waals surface area contributed by atoms with Crippen molar-refractivity contribution in [3.63, 3.8) is 0 Å². The monoisotopic (exact) mass is 379 g/mol. The summed E-state index contributed by atoms with van der Waals surface area (Å²) in [5.41, 5.74) is 3.06. The van der Waals surface area contributed by atoms with Gasteiger partial charge in [-0.05, 0) is 36.4 Å². The summed E-state index contributed by atoms with van der Waals surface area (Å²) in [5, 5.41) is 13.8. The van der Waals surface area contributed by atoms with Gasteiger partial charge < -0.3 is 15.0 Å². The number of carbonyl (C=O) groups is 1. The van der Waals surface area contributed by atoms with Crippen molar-refractivity contribution in [2.24, 2.45) is 7.05 Å². The minimum absolute atomic E-state index is 0.229. The lowest BCUT2D eigenvalue weighted by Gasteiger charge is -2.07. The SMILES string of the molecule is Cn1c(C(=O)O)cc2ccc(Nc3nccc(-c4cc(Cl)ccn4)n3)cc21. The molecule has 0 aliphatic heterocycles. The summed E-state index contributed by atoms with van der Waals surface area (Å²) in [5.74, 6) is -0.561. The number of carboxylic acids is 1. The van der Waals surface area contributed by atoms with Crippen LogP contribution in [0.2, 0.25) is 5.02 Å². The molecule has 0 saturated carbocycles. The van der Waals surface area contributed by atoms with Gasteiger partial charge in [0.15, 0.2) is 0 Å². The number of aromatic nitrogens is 4. The first-order valence-corrected chi connectivity index (χ1v) is 8.44. The molecule has 0 bridgehead atoms. The highest BCUT2D eigenvalue weighted by atomic mass is 35.5. The Balaban J connectivity index is 1.67. The molecular formula is C19H14ClN5O2. The van der Waals surface area contributed by atoms with Crippen LogP contribution < -0.4 is 5.32 Å². The predicted octanol–water partition coefficient (Wildman–Crippen LogP) is 4.13. The number of hydrogen-bond acceptors (Lipinski definition) is 5. The van der Waals surface area contributed by atoms with Crippen molar-refractivity contribution in [3.8, 4) is 11.4 Å². The topological polar surface area (TPSA) is 92.9 Å². The number of aromatic carboxylic acids is 1. The third kappa shape index (κ3) is 3.32. The summed E-state index contributed by atoms with van der Waals surface area (Å²) in [6.45, 7) is 0. The lowest BCUT2D eigenvalue weighted by molar-refractivity contribution is 0.0687. The highest BCUT2D eigenvalue weighted by Crippen LogP contribution is 2.25. The van der Waals surface area contributed by atoms with Gasteiger partial charge in [-0.15, -0.1) is 0 Å². The molecule has 7 nitrogen and oxygen atoms in total. The molecule has 0 aliphatic rings. The van der Waals surface area contributed by atoms with Crippen molar-refractivity contribution in [2.45, 2.75) is 0 Å². The Hall–Kier alpha value is -3.45. The first-order valence-electron chi connectivity index (χ1n) is 8.06. The van der Waals surface area contributed by atoms with Crippen LogP contribution in [-0.4, -0.2) is 30.6 Å². The number of fused-ring (bicyclic) bond motifs is 1. The second kappa shape index (κ2) is 6.69. The zero-order valence-electron chi connectivity index (χ0n) is 14.2. The number of carboxylic acid groups (broad SMARTS) is 1. The Labute approximate surface area is 159 Å². The molecule has 4 aromatic rings. The molecule has 0 fully saturated rings. The van der Waals surface area contributed by atoms with Crippen molar-refractivity contribution in [3.05, 3.63) is 65.6 Å². The third-order valence-corrected chi connectivity index (χ3v) is 4.40. The number of aryl methyl sites for hydroxylation is 1. The maximum Gasteiger partial charge on any atom is 0.352 e. The van der Waals surface area contributed by atoms with E-state index in [0.717, 1.165) is 16.6 Å². The van der Waals surface area contributed by atoms with Gasteiger partial charge in [-0.1, -0.05) is 17.7 Å². The van der Waals surface area contributed by atoms with E-state index in [1.54, 1.807) is 48.3 Å². The summed E-state index contributed by atoms with van der Waals surface area (Å²) in [4.78, 5) is 24.3. The van der Waals surface area contributed by atoms with Gasteiger partial charge in [-0.2, -0.15) is 0 Å². The molecule has 0 spiro atoms. The number of hydrogen-bond donors (Lipinski definition) is 2. The zero-order chi connectivity index (χ0) is 19.0. The minimum Gasteiger partial charge on any atom is -0.477 e. The highest BCUT2D eigenvalue weighted by molar-refractivity contribution is 6.30. The molecule has 0 saturated heterocycles. The van der Waals surface area contributed by atoms with Crippen LogP contribution in [0.3, 0.4) is 0 Å². The standard InChI is InChI=1S/C19H14ClN5O2/c1-25-16-10-13(3-2-11(16)8-17(25)18(26)27)23-19-22-7-5-14(24-19)15-9-12(20)4-6-21-15/h2-10H,1H3,(H,26,27)(H,22,23,24). The van der Waals surface area contributed by atoms with E-state index in [2.05, 4.69) is 20.3 Å². The van der Waals surface area contributed by atoms with Gasteiger partial charge >= 0.3 is 5.97 Å². The predicted molar refractivity (Wildman–Crippen MR) is 103 cm³/mol. The van der Waals surface area contributed by atoms with E-state index in [-0.39, 0.29) is 5.69 Å². The van der Waals surface area contributed by atoms with Crippen molar-refractivity contribution in [1.82, 2.24) is 19.5 Å². The molecule has 27 heavy (non-hydrogen) atoms. The van der Waals surface area contributed by atoms with Crippen molar-refractivity contribution >= 4 is 40.1 Å². The Kier molecular flexibility index (Phi) is 4.21. The molecule has 2 N–H and O–H groups in total. The van der Waals surface area contributed by atoms with Crippen LogP contribution in [0.4, 0.5) is 11.6 Å². The van der Waals surface area contributed by atoms with Gasteiger partial charge in [-0.25, -0.2) is 14.8 Å². The van der Waals surface area contributed by atoms with E-state index in [0.29, 0.717) is 22.4 Å². The van der Waals surface area contributed by atoms with Crippen LogP contribution >= 0.6 is 11.6 Å². The van der Waals surface area contributed by atoms with Gasteiger partial charge in [0.25, 0.3) is 0 Å². The molecule has 0 amide bonds. The minimum atomic E-state index is -0.965. The molecule has 4 rings (SSSR count). The van der Waals surface area contributed by atoms with E-state index in [1.807, 2.05) is 18.2 Å². The molecule has 8 heteroatoms. The van der Waals surface area contributed by atoms with Gasteiger partial charge in [0.2, 0.25) is 5.95 Å². The third-order valence-electron chi connectivity index (χ3n) is 4.16. The molecule has 3 heterocycles. The summed E-state index contributed by atoms with van der Waals surface area (Å²) in [6, 6.07) is 12.4. The number of rotatable bonds is 4. The Morgan fingerprint density at radius 1 is 1.07 bits per heavy atom. The summed E-state index contributed by atoms with van der Waals surface area (Å²) < 4.78 is 1.63. The molecule has 134 valence electrons. The fourth-order valence-electron chi connectivity index (χ4n) is 2.85. The second-order valence-corrected chi connectivity index (χ2v) is 6.35. The summed E-state index contributed by atoms with van der Waals surface area (Å²) >= 11 is 6.02. The van der Waals surface area contributed by atoms with Crippen LogP contribution in [0, 0.1) is 0 Å². The lowest BCUT2D eigenvalue weighted by Crippen LogP contribution is -2.03. The van der Waals surface area contributed by atoms with E-state index in [9.17, 15) is 9.90 Å². The second-order valence-electron chi connectivity index (χ2n) is 5.92. The van der Waals surface area contributed by atoms with Gasteiger partial charge in [0, 0.05) is 35.5 Å². The molecule has 0 radical (unpaired) electrons. The maximum absolute atomic E-state index is 11.3. The number of halogens is 1. The largest absolute Gasteiger partial charge is 0.477 e. The van der Waals surface area contributed by atoms with E-state index < -0.39 is 5.97 Å². The van der Waals surface area contributed by atoms with Crippen LogP contribution in [0.5, 0.6) is 0 Å². The average Bonchev–Trinajstić information content (AvgIpc) is 2.99. The summed E-state index contributed by atoms with van der Waals surface area (Å²) in [6.07, 6.45) is 3.26. The van der Waals surface area contributed by atoms with Crippen LogP contribution in [0.15, 0.2) is 54.9 Å². The number of anilines is 2. The van der Waals surface area contributed by atoms with Gasteiger partial charge in [0.05, 0.1) is 16.9 Å². The van der Waals surface area contributed by atoms with E-state index in [4.69, 9.17) is 11.6 Å². The van der Waals surface area contributed by atoms with Crippen molar-refractivity contribution < 1.29 is 9.90 Å². The maximum atomic E-state index is 11.3. The fourth-order valence-corrected chi connectivity index (χ4v) is 3.01. The Morgan fingerprint density at radius 3 is 2.67 bits per heavy atom. The smallest absolute Gasteiger partial charge is 0.352 e. The molecule has 0 unspecified atom stereocenters. The first kappa shape index (κ1) is 17.0.